The number of nitrogens with zero attached hydrogens (tertiary/aromatic N) is 2. The zero-order valence-electron chi connectivity index (χ0n) is 15.2. The number of aliphatic imine (C=N–C) groups is 1. The number of carbonyl (C=O) groups excluding carboxylic acids is 1. The van der Waals surface area contributed by atoms with E-state index >= 15 is 0 Å². The summed E-state index contributed by atoms with van der Waals surface area (Å²) >= 11 is 3.52. The summed E-state index contributed by atoms with van der Waals surface area (Å²) in [6, 6.07) is 14.0. The van der Waals surface area contributed by atoms with E-state index in [1.807, 2.05) is 36.4 Å². The molecule has 0 spiro atoms. The molecule has 2 aromatic rings. The maximum absolute atomic E-state index is 12.7. The van der Waals surface area contributed by atoms with Gasteiger partial charge in [0.15, 0.2) is 0 Å². The van der Waals surface area contributed by atoms with Crippen molar-refractivity contribution < 1.29 is 9.53 Å². The molecule has 2 aromatic carbocycles. The van der Waals surface area contributed by atoms with Crippen LogP contribution in [0.4, 0.5) is 5.69 Å². The van der Waals surface area contributed by atoms with Crippen LogP contribution in [0.1, 0.15) is 24.0 Å². The van der Waals surface area contributed by atoms with Gasteiger partial charge in [0.05, 0.1) is 12.8 Å². The van der Waals surface area contributed by atoms with Crippen molar-refractivity contribution in [3.63, 3.8) is 0 Å². The number of nitrogens with one attached hydrogen (secondary N) is 1. The van der Waals surface area contributed by atoms with Gasteiger partial charge in [-0.1, -0.05) is 28.1 Å². The van der Waals surface area contributed by atoms with Gasteiger partial charge in [-0.2, -0.15) is 0 Å². The number of rotatable bonds is 5. The first-order valence-corrected chi connectivity index (χ1v) is 9.96. The number of methoxy groups -OCH3 is 1. The molecule has 0 unspecified atom stereocenters. The molecule has 1 amide bonds. The normalized spacial score (nSPS) is 17.8. The molecule has 0 aromatic heterocycles. The lowest BCUT2D eigenvalue weighted by molar-refractivity contribution is -0.124. The molecule has 1 fully saturated rings. The number of halogens is 1. The van der Waals surface area contributed by atoms with Crippen LogP contribution in [-0.2, 0) is 17.8 Å². The Morgan fingerprint density at radius 3 is 2.89 bits per heavy atom. The zero-order valence-corrected chi connectivity index (χ0v) is 16.8. The third-order valence-corrected chi connectivity index (χ3v) is 5.65. The third-order valence-electron chi connectivity index (χ3n) is 5.16. The Morgan fingerprint density at radius 2 is 2.11 bits per heavy atom. The Kier molecular flexibility index (Phi) is 5.16. The molecule has 2 aliphatic heterocycles. The molecule has 1 atom stereocenters. The molecule has 140 valence electrons. The molecule has 0 aliphatic carbocycles. The molecule has 0 saturated carbocycles. The minimum Gasteiger partial charge on any atom is -0.497 e. The van der Waals surface area contributed by atoms with E-state index in [1.165, 1.54) is 5.56 Å². The number of fused-ring (bicyclic) bond motifs is 2. The minimum atomic E-state index is -0.133. The molecule has 6 heteroatoms. The quantitative estimate of drug-likeness (QED) is 0.788. The van der Waals surface area contributed by atoms with Gasteiger partial charge in [0, 0.05) is 24.0 Å². The fourth-order valence-corrected chi connectivity index (χ4v) is 4.10. The topological polar surface area (TPSA) is 53.9 Å². The first kappa shape index (κ1) is 18.0. The van der Waals surface area contributed by atoms with E-state index in [0.717, 1.165) is 53.1 Å². The number of ether oxygens (including phenoxy) is 1. The number of amidine groups is 1. The molecule has 27 heavy (non-hydrogen) atoms. The standard InChI is InChI=1S/C21H22BrN3O2/c1-27-17-5-2-14(3-6-17)10-11-23-21(26)19-8-9-20-24-18-7-4-16(22)12-15(18)13-25(19)20/h2-7,12,19H,8-11,13H2,1H3,(H,23,26)/t19-/m0/s1. The second-order valence-electron chi connectivity index (χ2n) is 6.87. The average Bonchev–Trinajstić information content (AvgIpc) is 3.09. The van der Waals surface area contributed by atoms with E-state index in [9.17, 15) is 4.79 Å². The SMILES string of the molecule is COc1ccc(CCNC(=O)[C@@H]2CCC3=Nc4ccc(Br)cc4CN32)cc1. The van der Waals surface area contributed by atoms with Gasteiger partial charge in [0.2, 0.25) is 5.91 Å². The summed E-state index contributed by atoms with van der Waals surface area (Å²) in [6.45, 7) is 1.37. The maximum Gasteiger partial charge on any atom is 0.242 e. The number of hydrogen-bond acceptors (Lipinski definition) is 4. The van der Waals surface area contributed by atoms with E-state index < -0.39 is 0 Å². The monoisotopic (exact) mass is 427 g/mol. The first-order valence-electron chi connectivity index (χ1n) is 9.17. The van der Waals surface area contributed by atoms with Crippen molar-refractivity contribution in [1.29, 1.82) is 0 Å². The highest BCUT2D eigenvalue weighted by molar-refractivity contribution is 9.10. The molecular formula is C21H22BrN3O2. The molecule has 1 saturated heterocycles. The number of hydrogen-bond donors (Lipinski definition) is 1. The highest BCUT2D eigenvalue weighted by atomic mass is 79.9. The second-order valence-corrected chi connectivity index (χ2v) is 7.79. The van der Waals surface area contributed by atoms with Gasteiger partial charge in [-0.05, 0) is 54.3 Å². The lowest BCUT2D eigenvalue weighted by Crippen LogP contribution is -2.45. The van der Waals surface area contributed by atoms with Gasteiger partial charge in [-0.3, -0.25) is 4.79 Å². The Labute approximate surface area is 167 Å². The van der Waals surface area contributed by atoms with Gasteiger partial charge >= 0.3 is 0 Å². The summed E-state index contributed by atoms with van der Waals surface area (Å²) in [5, 5.41) is 3.09. The van der Waals surface area contributed by atoms with E-state index in [-0.39, 0.29) is 11.9 Å². The van der Waals surface area contributed by atoms with Crippen molar-refractivity contribution in [1.82, 2.24) is 10.2 Å². The molecule has 2 aliphatic rings. The van der Waals surface area contributed by atoms with Gasteiger partial charge in [-0.25, -0.2) is 4.99 Å². The summed E-state index contributed by atoms with van der Waals surface area (Å²) < 4.78 is 6.21. The van der Waals surface area contributed by atoms with E-state index in [2.05, 4.69) is 32.2 Å². The number of benzene rings is 2. The molecule has 2 heterocycles. The van der Waals surface area contributed by atoms with Crippen LogP contribution < -0.4 is 10.1 Å². The van der Waals surface area contributed by atoms with Crippen molar-refractivity contribution in [2.75, 3.05) is 13.7 Å². The van der Waals surface area contributed by atoms with Crippen molar-refractivity contribution in [2.24, 2.45) is 4.99 Å². The Morgan fingerprint density at radius 1 is 1.30 bits per heavy atom. The third kappa shape index (κ3) is 3.86. The largest absolute Gasteiger partial charge is 0.497 e. The molecule has 1 N–H and O–H groups in total. The van der Waals surface area contributed by atoms with Crippen molar-refractivity contribution >= 4 is 33.4 Å². The summed E-state index contributed by atoms with van der Waals surface area (Å²) in [4.78, 5) is 19.6. The fraction of sp³-hybridized carbons (Fsp3) is 0.333. The van der Waals surface area contributed by atoms with Gasteiger partial charge in [0.1, 0.15) is 17.6 Å². The van der Waals surface area contributed by atoms with Gasteiger partial charge in [0.25, 0.3) is 0 Å². The van der Waals surface area contributed by atoms with E-state index in [4.69, 9.17) is 9.73 Å². The molecule has 0 bridgehead atoms. The lowest BCUT2D eigenvalue weighted by Gasteiger charge is -2.30. The number of carbonyl (C=O) groups is 1. The van der Waals surface area contributed by atoms with Crippen molar-refractivity contribution in [2.45, 2.75) is 31.8 Å². The van der Waals surface area contributed by atoms with Crippen LogP contribution in [0.25, 0.3) is 0 Å². The Balaban J connectivity index is 1.36. The lowest BCUT2D eigenvalue weighted by atomic mass is 10.1. The van der Waals surface area contributed by atoms with Crippen LogP contribution in [0, 0.1) is 0 Å². The van der Waals surface area contributed by atoms with Gasteiger partial charge < -0.3 is 15.0 Å². The minimum absolute atomic E-state index is 0.0900. The van der Waals surface area contributed by atoms with Crippen molar-refractivity contribution in [3.8, 4) is 5.75 Å². The highest BCUT2D eigenvalue weighted by Gasteiger charge is 2.36. The van der Waals surface area contributed by atoms with Crippen LogP contribution in [0.5, 0.6) is 5.75 Å². The Hall–Kier alpha value is -2.34. The zero-order chi connectivity index (χ0) is 18.8. The summed E-state index contributed by atoms with van der Waals surface area (Å²) in [7, 11) is 1.66. The maximum atomic E-state index is 12.7. The summed E-state index contributed by atoms with van der Waals surface area (Å²) in [5.74, 6) is 1.96. The second kappa shape index (κ2) is 7.72. The highest BCUT2D eigenvalue weighted by Crippen LogP contribution is 2.34. The predicted octanol–water partition coefficient (Wildman–Crippen LogP) is 3.82. The summed E-state index contributed by atoms with van der Waals surface area (Å²) in [6.07, 6.45) is 2.48. The van der Waals surface area contributed by atoms with Crippen molar-refractivity contribution in [3.05, 3.63) is 58.1 Å². The fourth-order valence-electron chi connectivity index (χ4n) is 3.69. The number of amides is 1. The summed E-state index contributed by atoms with van der Waals surface area (Å²) in [5.41, 5.74) is 3.36. The van der Waals surface area contributed by atoms with Crippen LogP contribution in [-0.4, -0.2) is 36.3 Å². The van der Waals surface area contributed by atoms with Crippen LogP contribution in [0.3, 0.4) is 0 Å². The average molecular weight is 428 g/mol. The molecule has 4 rings (SSSR count). The smallest absolute Gasteiger partial charge is 0.242 e. The predicted molar refractivity (Wildman–Crippen MR) is 110 cm³/mol. The van der Waals surface area contributed by atoms with E-state index in [1.54, 1.807) is 7.11 Å². The van der Waals surface area contributed by atoms with Gasteiger partial charge in [-0.15, -0.1) is 0 Å². The van der Waals surface area contributed by atoms with Crippen LogP contribution in [0.15, 0.2) is 51.9 Å². The van der Waals surface area contributed by atoms with Crippen LogP contribution >= 0.6 is 15.9 Å². The van der Waals surface area contributed by atoms with E-state index in [0.29, 0.717) is 6.54 Å². The molecule has 0 radical (unpaired) electrons. The molecular weight excluding hydrogens is 406 g/mol. The molecule has 5 nitrogen and oxygen atoms in total. The van der Waals surface area contributed by atoms with Crippen LogP contribution in [0.2, 0.25) is 0 Å². The first-order chi connectivity index (χ1) is 13.1. The Bertz CT molecular complexity index is 879.